The van der Waals surface area contributed by atoms with Crippen molar-refractivity contribution in [3.8, 4) is 0 Å². The summed E-state index contributed by atoms with van der Waals surface area (Å²) < 4.78 is 1.09. The summed E-state index contributed by atoms with van der Waals surface area (Å²) in [6.07, 6.45) is 3.70. The Hall–Kier alpha value is 0.01000. The van der Waals surface area contributed by atoms with Gasteiger partial charge in [-0.2, -0.15) is 0 Å². The maximum absolute atomic E-state index is 5.33. The Balaban J connectivity index is 2.28. The molecule has 0 atom stereocenters. The third-order valence-corrected chi connectivity index (χ3v) is 2.90. The van der Waals surface area contributed by atoms with Crippen LogP contribution in [0.4, 0.5) is 0 Å². The summed E-state index contributed by atoms with van der Waals surface area (Å²) >= 11 is 8.67. The minimum absolute atomic E-state index is 0.900. The summed E-state index contributed by atoms with van der Waals surface area (Å²) in [5.74, 6) is 0.900. The second-order valence-corrected chi connectivity index (χ2v) is 3.88. The van der Waals surface area contributed by atoms with Crippen LogP contribution in [0, 0.1) is 0 Å². The Morgan fingerprint density at radius 1 is 1.80 bits per heavy atom. The molecule has 0 fully saturated rings. The Morgan fingerprint density at radius 3 is 3.30 bits per heavy atom. The Labute approximate surface area is 73.1 Å². The minimum Gasteiger partial charge on any atom is -0.238 e. The lowest BCUT2D eigenvalue weighted by Crippen LogP contribution is -1.68. The van der Waals surface area contributed by atoms with Gasteiger partial charge in [-0.15, -0.1) is 11.3 Å². The predicted octanol–water partition coefficient (Wildman–Crippen LogP) is 2.99. The molecule has 1 aromatic rings. The van der Waals surface area contributed by atoms with Gasteiger partial charge in [-0.05, 0) is 0 Å². The van der Waals surface area contributed by atoms with Crippen LogP contribution in [0.15, 0.2) is 27.5 Å². The molecule has 0 radical (unpaired) electrons. The van der Waals surface area contributed by atoms with Gasteiger partial charge in [-0.3, -0.25) is 0 Å². The van der Waals surface area contributed by atoms with Crippen LogP contribution in [0.5, 0.6) is 0 Å². The fraction of sp³-hybridized carbons (Fsp3) is 0.167. The van der Waals surface area contributed by atoms with Crippen molar-refractivity contribution in [1.82, 2.24) is 4.98 Å². The van der Waals surface area contributed by atoms with Crippen molar-refractivity contribution in [3.63, 3.8) is 0 Å². The first-order valence-corrected chi connectivity index (χ1v) is 5.01. The molecule has 0 saturated heterocycles. The second-order valence-electron chi connectivity index (χ2n) is 1.47. The summed E-state index contributed by atoms with van der Waals surface area (Å²) in [7, 11) is 0. The maximum atomic E-state index is 5.33. The van der Waals surface area contributed by atoms with Crippen LogP contribution < -0.4 is 0 Å². The molecule has 0 unspecified atom stereocenters. The maximum Gasteiger partial charge on any atom is 0.150 e. The molecular formula is C6H6ClNS2. The van der Waals surface area contributed by atoms with Crippen LogP contribution in [0.1, 0.15) is 0 Å². The fourth-order valence-corrected chi connectivity index (χ4v) is 2.11. The monoisotopic (exact) mass is 191 g/mol. The van der Waals surface area contributed by atoms with Crippen LogP contribution >= 0.6 is 34.7 Å². The number of halogens is 1. The van der Waals surface area contributed by atoms with E-state index >= 15 is 0 Å². The van der Waals surface area contributed by atoms with E-state index < -0.39 is 0 Å². The zero-order valence-electron chi connectivity index (χ0n) is 5.16. The lowest BCUT2D eigenvalue weighted by Gasteiger charge is -1.86. The first-order valence-electron chi connectivity index (χ1n) is 2.71. The summed E-state index contributed by atoms with van der Waals surface area (Å²) in [6.45, 7) is 0. The van der Waals surface area contributed by atoms with Crippen LogP contribution in [0.3, 0.4) is 0 Å². The second kappa shape index (κ2) is 4.77. The summed E-state index contributed by atoms with van der Waals surface area (Å²) in [5, 5.41) is 1.97. The van der Waals surface area contributed by atoms with Gasteiger partial charge in [-0.25, -0.2) is 4.98 Å². The van der Waals surface area contributed by atoms with Crippen molar-refractivity contribution in [2.75, 3.05) is 5.75 Å². The van der Waals surface area contributed by atoms with Gasteiger partial charge in [0.15, 0.2) is 0 Å². The van der Waals surface area contributed by atoms with Crippen molar-refractivity contribution < 1.29 is 0 Å². The Morgan fingerprint density at radius 2 is 2.70 bits per heavy atom. The van der Waals surface area contributed by atoms with Gasteiger partial charge >= 0.3 is 0 Å². The molecule has 1 heterocycles. The molecule has 0 N–H and O–H groups in total. The van der Waals surface area contributed by atoms with Crippen LogP contribution in [0.2, 0.25) is 0 Å². The fourth-order valence-electron chi connectivity index (χ4n) is 0.437. The van der Waals surface area contributed by atoms with Crippen LogP contribution in [0.25, 0.3) is 0 Å². The van der Waals surface area contributed by atoms with Crippen molar-refractivity contribution in [1.29, 1.82) is 0 Å². The highest BCUT2D eigenvalue weighted by atomic mass is 35.5. The van der Waals surface area contributed by atoms with Gasteiger partial charge in [-0.1, -0.05) is 29.4 Å². The number of hydrogen-bond acceptors (Lipinski definition) is 3. The molecule has 10 heavy (non-hydrogen) atoms. The van der Waals surface area contributed by atoms with E-state index in [0.29, 0.717) is 0 Å². The molecule has 0 aliphatic carbocycles. The number of thioether (sulfide) groups is 1. The smallest absolute Gasteiger partial charge is 0.150 e. The quantitative estimate of drug-likeness (QED) is 0.682. The molecule has 1 aromatic heterocycles. The largest absolute Gasteiger partial charge is 0.238 e. The van der Waals surface area contributed by atoms with Gasteiger partial charge in [0, 0.05) is 22.9 Å². The molecule has 0 saturated carbocycles. The van der Waals surface area contributed by atoms with Crippen molar-refractivity contribution >= 4 is 34.7 Å². The van der Waals surface area contributed by atoms with E-state index in [1.807, 2.05) is 11.5 Å². The van der Waals surface area contributed by atoms with E-state index in [9.17, 15) is 0 Å². The highest BCUT2D eigenvalue weighted by molar-refractivity contribution is 8.01. The third kappa shape index (κ3) is 2.73. The lowest BCUT2D eigenvalue weighted by molar-refractivity contribution is 1.25. The van der Waals surface area contributed by atoms with E-state index in [1.54, 1.807) is 29.3 Å². The Bertz CT molecular complexity index is 196. The Kier molecular flexibility index (Phi) is 3.87. The summed E-state index contributed by atoms with van der Waals surface area (Å²) in [6, 6.07) is 0. The molecule has 0 aromatic carbocycles. The van der Waals surface area contributed by atoms with E-state index in [4.69, 9.17) is 11.6 Å². The van der Waals surface area contributed by atoms with Crippen molar-refractivity contribution in [3.05, 3.63) is 23.2 Å². The van der Waals surface area contributed by atoms with Gasteiger partial charge < -0.3 is 0 Å². The molecule has 0 spiro atoms. The molecule has 0 aliphatic heterocycles. The zero-order chi connectivity index (χ0) is 7.23. The first-order chi connectivity index (χ1) is 4.93. The molecule has 4 heteroatoms. The van der Waals surface area contributed by atoms with E-state index in [-0.39, 0.29) is 0 Å². The van der Waals surface area contributed by atoms with Gasteiger partial charge in [0.2, 0.25) is 0 Å². The number of hydrogen-bond donors (Lipinski definition) is 0. The highest BCUT2D eigenvalue weighted by Gasteiger charge is 1.91. The molecule has 1 nitrogen and oxygen atoms in total. The average molecular weight is 192 g/mol. The number of nitrogens with zero attached hydrogens (tertiary/aromatic N) is 1. The van der Waals surface area contributed by atoms with E-state index in [1.165, 1.54) is 5.54 Å². The predicted molar refractivity (Wildman–Crippen MR) is 47.8 cm³/mol. The topological polar surface area (TPSA) is 12.9 Å². The molecule has 1 rings (SSSR count). The van der Waals surface area contributed by atoms with Gasteiger partial charge in [0.05, 0.1) is 0 Å². The standard InChI is InChI=1S/C6H6ClNS2/c7-2-1-4-9-6-8-3-5-10-6/h1-3,5H,4H2. The zero-order valence-corrected chi connectivity index (χ0v) is 7.55. The van der Waals surface area contributed by atoms with Crippen molar-refractivity contribution in [2.45, 2.75) is 4.34 Å². The van der Waals surface area contributed by atoms with Gasteiger partial charge in [0.25, 0.3) is 0 Å². The SMILES string of the molecule is ClC=CCSc1nccs1. The van der Waals surface area contributed by atoms with Crippen molar-refractivity contribution in [2.24, 2.45) is 0 Å². The summed E-state index contributed by atoms with van der Waals surface area (Å²) in [5.41, 5.74) is 1.53. The van der Waals surface area contributed by atoms with Crippen LogP contribution in [-0.4, -0.2) is 10.7 Å². The van der Waals surface area contributed by atoms with Gasteiger partial charge in [0.1, 0.15) is 4.34 Å². The molecule has 0 amide bonds. The van der Waals surface area contributed by atoms with E-state index in [2.05, 4.69) is 4.98 Å². The molecule has 0 bridgehead atoms. The average Bonchev–Trinajstić information content (AvgIpc) is 2.41. The van der Waals surface area contributed by atoms with E-state index in [0.717, 1.165) is 10.1 Å². The first kappa shape index (κ1) is 8.11. The summed E-state index contributed by atoms with van der Waals surface area (Å²) in [4.78, 5) is 4.09. The highest BCUT2D eigenvalue weighted by Crippen LogP contribution is 2.19. The molecule has 0 aliphatic rings. The normalized spacial score (nSPS) is 10.9. The minimum atomic E-state index is 0.900. The molecule has 54 valence electrons. The lowest BCUT2D eigenvalue weighted by atomic mass is 10.8. The third-order valence-electron chi connectivity index (χ3n) is 0.802. The number of thiazole rings is 1. The molecular weight excluding hydrogens is 186 g/mol. The van der Waals surface area contributed by atoms with Crippen LogP contribution in [-0.2, 0) is 0 Å². The number of rotatable bonds is 3. The number of aromatic nitrogens is 1.